The number of nitrogens with one attached hydrogen (secondary N) is 2. The number of rotatable bonds is 5. The fourth-order valence-corrected chi connectivity index (χ4v) is 3.16. The molecule has 0 fully saturated rings. The number of anilines is 1. The maximum Gasteiger partial charge on any atom is 0.319 e. The fraction of sp³-hybridized carbons (Fsp3) is 0.188. The first-order valence-electron chi connectivity index (χ1n) is 7.18. The molecule has 128 valence electrons. The molecule has 2 rings (SSSR count). The number of urea groups is 1. The van der Waals surface area contributed by atoms with E-state index in [2.05, 4.69) is 26.6 Å². The summed E-state index contributed by atoms with van der Waals surface area (Å²) in [7, 11) is -3.68. The monoisotopic (exact) mass is 411 g/mol. The Morgan fingerprint density at radius 1 is 1.17 bits per heavy atom. The molecule has 0 aliphatic heterocycles. The minimum atomic E-state index is -3.68. The number of nitrogens with two attached hydrogens (primary N) is 1. The van der Waals surface area contributed by atoms with Gasteiger partial charge in [-0.05, 0) is 64.7 Å². The van der Waals surface area contributed by atoms with Gasteiger partial charge in [0.05, 0.1) is 10.6 Å². The van der Waals surface area contributed by atoms with Gasteiger partial charge in [0.1, 0.15) is 0 Å². The maximum atomic E-state index is 11.9. The van der Waals surface area contributed by atoms with Crippen LogP contribution in [0.2, 0.25) is 0 Å². The quantitative estimate of drug-likeness (QED) is 0.704. The summed E-state index contributed by atoms with van der Waals surface area (Å²) in [6.07, 6.45) is 0.577. The molecular weight excluding hydrogens is 394 g/mol. The molecule has 0 aliphatic carbocycles. The summed E-state index contributed by atoms with van der Waals surface area (Å²) in [6, 6.07) is 11.6. The SMILES string of the molecule is Cc1ccc(NC(=O)NCCc2ccc(S(N)(=O)=O)cc2)c(Br)c1. The molecule has 0 saturated heterocycles. The van der Waals surface area contributed by atoms with E-state index in [1.54, 1.807) is 12.1 Å². The van der Waals surface area contributed by atoms with E-state index in [0.29, 0.717) is 18.7 Å². The molecule has 0 aromatic heterocycles. The number of primary sulfonamides is 1. The van der Waals surface area contributed by atoms with Crippen molar-refractivity contribution in [2.45, 2.75) is 18.2 Å². The van der Waals surface area contributed by atoms with Gasteiger partial charge in [0.15, 0.2) is 0 Å². The van der Waals surface area contributed by atoms with Gasteiger partial charge < -0.3 is 10.6 Å². The number of hydrogen-bond acceptors (Lipinski definition) is 3. The highest BCUT2D eigenvalue weighted by Crippen LogP contribution is 2.23. The molecule has 4 N–H and O–H groups in total. The first-order chi connectivity index (χ1) is 11.3. The predicted molar refractivity (Wildman–Crippen MR) is 97.4 cm³/mol. The predicted octanol–water partition coefficient (Wildman–Crippen LogP) is 2.77. The lowest BCUT2D eigenvalue weighted by Gasteiger charge is -2.10. The molecule has 0 spiro atoms. The number of carbonyl (C=O) groups excluding carboxylic acids is 1. The van der Waals surface area contributed by atoms with E-state index in [1.807, 2.05) is 25.1 Å². The zero-order valence-corrected chi connectivity index (χ0v) is 15.4. The number of aryl methyl sites for hydroxylation is 1. The van der Waals surface area contributed by atoms with Crippen LogP contribution < -0.4 is 15.8 Å². The molecular formula is C16H18BrN3O3S. The van der Waals surface area contributed by atoms with Crippen LogP contribution in [0.1, 0.15) is 11.1 Å². The van der Waals surface area contributed by atoms with Crippen LogP contribution in [0.3, 0.4) is 0 Å². The van der Waals surface area contributed by atoms with E-state index in [9.17, 15) is 13.2 Å². The number of sulfonamides is 1. The van der Waals surface area contributed by atoms with Gasteiger partial charge in [-0.1, -0.05) is 18.2 Å². The van der Waals surface area contributed by atoms with E-state index in [0.717, 1.165) is 15.6 Å². The van der Waals surface area contributed by atoms with Gasteiger partial charge in [0.2, 0.25) is 10.0 Å². The highest BCUT2D eigenvalue weighted by Gasteiger charge is 2.07. The smallest absolute Gasteiger partial charge is 0.319 e. The van der Waals surface area contributed by atoms with E-state index in [-0.39, 0.29) is 10.9 Å². The summed E-state index contributed by atoms with van der Waals surface area (Å²) in [4.78, 5) is 12.0. The molecule has 6 nitrogen and oxygen atoms in total. The third-order valence-electron chi connectivity index (χ3n) is 3.32. The van der Waals surface area contributed by atoms with Crippen molar-refractivity contribution in [1.29, 1.82) is 0 Å². The van der Waals surface area contributed by atoms with Gasteiger partial charge >= 0.3 is 6.03 Å². The van der Waals surface area contributed by atoms with Gasteiger partial charge in [0, 0.05) is 11.0 Å². The molecule has 2 aromatic carbocycles. The Hall–Kier alpha value is -1.90. The molecule has 24 heavy (non-hydrogen) atoms. The first-order valence-corrected chi connectivity index (χ1v) is 9.52. The highest BCUT2D eigenvalue weighted by atomic mass is 79.9. The number of benzene rings is 2. The lowest BCUT2D eigenvalue weighted by molar-refractivity contribution is 0.252. The van der Waals surface area contributed by atoms with Crippen LogP contribution in [0.15, 0.2) is 51.8 Å². The summed E-state index contributed by atoms with van der Waals surface area (Å²) in [5, 5.41) is 10.6. The fourth-order valence-electron chi connectivity index (χ4n) is 2.05. The van der Waals surface area contributed by atoms with E-state index >= 15 is 0 Å². The molecule has 0 bridgehead atoms. The van der Waals surface area contributed by atoms with Crippen molar-refractivity contribution in [2.75, 3.05) is 11.9 Å². The Bertz CT molecular complexity index is 836. The minimum Gasteiger partial charge on any atom is -0.338 e. The molecule has 0 saturated carbocycles. The third-order valence-corrected chi connectivity index (χ3v) is 4.91. The number of halogens is 1. The van der Waals surface area contributed by atoms with Crippen LogP contribution in [-0.4, -0.2) is 21.0 Å². The third kappa shape index (κ3) is 5.33. The average molecular weight is 412 g/mol. The Kier molecular flexibility index (Phi) is 5.98. The van der Waals surface area contributed by atoms with Crippen molar-refractivity contribution < 1.29 is 13.2 Å². The van der Waals surface area contributed by atoms with E-state index in [1.165, 1.54) is 12.1 Å². The van der Waals surface area contributed by atoms with Crippen LogP contribution in [0.25, 0.3) is 0 Å². The van der Waals surface area contributed by atoms with Gasteiger partial charge in [-0.15, -0.1) is 0 Å². The average Bonchev–Trinajstić information content (AvgIpc) is 2.50. The number of hydrogen-bond donors (Lipinski definition) is 3. The van der Waals surface area contributed by atoms with Crippen LogP contribution in [-0.2, 0) is 16.4 Å². The zero-order valence-electron chi connectivity index (χ0n) is 13.0. The van der Waals surface area contributed by atoms with E-state index < -0.39 is 10.0 Å². The molecule has 0 unspecified atom stereocenters. The van der Waals surface area contributed by atoms with Crippen molar-refractivity contribution in [3.05, 3.63) is 58.1 Å². The molecule has 2 amide bonds. The highest BCUT2D eigenvalue weighted by molar-refractivity contribution is 9.10. The molecule has 0 aliphatic rings. The van der Waals surface area contributed by atoms with Crippen LogP contribution in [0.4, 0.5) is 10.5 Å². The first kappa shape index (κ1) is 18.4. The van der Waals surface area contributed by atoms with Crippen molar-refractivity contribution >= 4 is 37.7 Å². The van der Waals surface area contributed by atoms with Crippen LogP contribution >= 0.6 is 15.9 Å². The zero-order chi connectivity index (χ0) is 17.7. The Balaban J connectivity index is 1.84. The molecule has 0 atom stereocenters. The van der Waals surface area contributed by atoms with E-state index in [4.69, 9.17) is 5.14 Å². The Labute approximate surface area is 149 Å². The number of amides is 2. The van der Waals surface area contributed by atoms with Gasteiger partial charge in [-0.3, -0.25) is 0 Å². The lowest BCUT2D eigenvalue weighted by atomic mass is 10.1. The summed E-state index contributed by atoms with van der Waals surface area (Å²) >= 11 is 3.40. The second kappa shape index (κ2) is 7.78. The van der Waals surface area contributed by atoms with Gasteiger partial charge in [-0.25, -0.2) is 18.4 Å². The number of carbonyl (C=O) groups is 1. The van der Waals surface area contributed by atoms with Crippen molar-refractivity contribution in [1.82, 2.24) is 5.32 Å². The van der Waals surface area contributed by atoms with Crippen molar-refractivity contribution in [3.63, 3.8) is 0 Å². The summed E-state index contributed by atoms with van der Waals surface area (Å²) < 4.78 is 23.2. The standard InChI is InChI=1S/C16H18BrN3O3S/c1-11-2-7-15(14(17)10-11)20-16(21)19-9-8-12-3-5-13(6-4-12)24(18,22)23/h2-7,10H,8-9H2,1H3,(H2,18,22,23)(H2,19,20,21). The topological polar surface area (TPSA) is 101 Å². The second-order valence-electron chi connectivity index (χ2n) is 5.30. The summed E-state index contributed by atoms with van der Waals surface area (Å²) in [6.45, 7) is 2.39. The normalized spacial score (nSPS) is 11.1. The van der Waals surface area contributed by atoms with Crippen molar-refractivity contribution in [2.24, 2.45) is 5.14 Å². The molecule has 0 radical (unpaired) electrons. The maximum absolute atomic E-state index is 11.9. The lowest BCUT2D eigenvalue weighted by Crippen LogP contribution is -2.30. The molecule has 8 heteroatoms. The van der Waals surface area contributed by atoms with Crippen molar-refractivity contribution in [3.8, 4) is 0 Å². The van der Waals surface area contributed by atoms with Gasteiger partial charge in [0.25, 0.3) is 0 Å². The largest absolute Gasteiger partial charge is 0.338 e. The van der Waals surface area contributed by atoms with Crippen LogP contribution in [0, 0.1) is 6.92 Å². The molecule has 0 heterocycles. The Morgan fingerprint density at radius 3 is 2.42 bits per heavy atom. The summed E-state index contributed by atoms with van der Waals surface area (Å²) in [5.41, 5.74) is 2.69. The minimum absolute atomic E-state index is 0.0705. The van der Waals surface area contributed by atoms with Gasteiger partial charge in [-0.2, -0.15) is 0 Å². The second-order valence-corrected chi connectivity index (χ2v) is 7.72. The Morgan fingerprint density at radius 2 is 1.83 bits per heavy atom. The molecule has 2 aromatic rings. The van der Waals surface area contributed by atoms with Crippen LogP contribution in [0.5, 0.6) is 0 Å². The summed E-state index contributed by atoms with van der Waals surface area (Å²) in [5.74, 6) is 0.